The molecule has 0 aliphatic carbocycles. The van der Waals surface area contributed by atoms with Gasteiger partial charge >= 0.3 is 0 Å². The molecular weight excluding hydrogens is 587 g/mol. The van der Waals surface area contributed by atoms with Crippen LogP contribution in [0.2, 0.25) is 50.2 Å². The fraction of sp³-hybridized carbons (Fsp3) is 0. The zero-order valence-electron chi connectivity index (χ0n) is 13.5. The molecule has 0 bridgehead atoms. The molecule has 1 heterocycles. The smallest absolute Gasteiger partial charge is 0.0969 e. The van der Waals surface area contributed by atoms with Gasteiger partial charge in [-0.3, -0.25) is 0 Å². The van der Waals surface area contributed by atoms with E-state index in [1.807, 2.05) is 0 Å². The molecule has 2 N–H and O–H groups in total. The van der Waals surface area contributed by atoms with Gasteiger partial charge in [0.1, 0.15) is 0 Å². The lowest BCUT2D eigenvalue weighted by atomic mass is 10.1. The van der Waals surface area contributed by atoms with Crippen molar-refractivity contribution >= 4 is 122 Å². The Balaban J connectivity index is 2.37. The molecule has 0 aliphatic rings. The summed E-state index contributed by atoms with van der Waals surface area (Å²) in [5.41, 5.74) is 7.20. The average Bonchev–Trinajstić information content (AvgIpc) is 2.70. The monoisotopic (exact) mass is 586 g/mol. The average molecular weight is 591 g/mol. The molecule has 1 aromatic heterocycles. The second-order valence-electron chi connectivity index (χ2n) is 5.52. The van der Waals surface area contributed by atoms with Crippen LogP contribution >= 0.6 is 116 Å². The minimum Gasteiger partial charge on any atom is -0.397 e. The molecule has 2 nitrogen and oxygen atoms in total. The zero-order valence-corrected chi connectivity index (χ0v) is 21.0. The van der Waals surface area contributed by atoms with Crippen LogP contribution in [0.1, 0.15) is 0 Å². The first-order valence-electron chi connectivity index (χ1n) is 7.29. The Kier molecular flexibility index (Phi) is 7.46. The first-order chi connectivity index (χ1) is 13.5. The van der Waals surface area contributed by atoms with E-state index in [2.05, 4.69) is 4.98 Å². The number of nitrogens with two attached hydrogens (primary N) is 1. The number of benzene rings is 2. The van der Waals surface area contributed by atoms with Crippen molar-refractivity contribution in [3.05, 3.63) is 62.4 Å². The van der Waals surface area contributed by atoms with Crippen molar-refractivity contribution in [1.29, 1.82) is 0 Å². The van der Waals surface area contributed by atoms with Crippen LogP contribution in [-0.4, -0.2) is 4.98 Å². The van der Waals surface area contributed by atoms with Crippen molar-refractivity contribution in [2.24, 2.45) is 0 Å². The van der Waals surface area contributed by atoms with Crippen LogP contribution in [0.5, 0.6) is 0 Å². The van der Waals surface area contributed by atoms with Crippen LogP contribution in [-0.2, 0) is 0 Å². The maximum absolute atomic E-state index is 6.35. The number of anilines is 1. The lowest BCUT2D eigenvalue weighted by Crippen LogP contribution is -1.99. The van der Waals surface area contributed by atoms with Crippen LogP contribution < -0.4 is 5.73 Å². The van der Waals surface area contributed by atoms with Gasteiger partial charge in [0.25, 0.3) is 0 Å². The Morgan fingerprint density at radius 1 is 0.483 bits per heavy atom. The van der Waals surface area contributed by atoms with E-state index in [1.165, 1.54) is 0 Å². The second kappa shape index (κ2) is 9.03. The van der Waals surface area contributed by atoms with Gasteiger partial charge in [0.2, 0.25) is 0 Å². The highest BCUT2D eigenvalue weighted by molar-refractivity contribution is 6.57. The molecule has 0 radical (unpaired) electrons. The van der Waals surface area contributed by atoms with Gasteiger partial charge in [0.15, 0.2) is 0 Å². The maximum Gasteiger partial charge on any atom is 0.0969 e. The third kappa shape index (κ3) is 4.07. The first kappa shape index (κ1) is 23.9. The van der Waals surface area contributed by atoms with Crippen molar-refractivity contribution in [3.63, 3.8) is 0 Å². The number of hydrogen-bond donors (Lipinski definition) is 1. The van der Waals surface area contributed by atoms with Crippen LogP contribution in [0.15, 0.2) is 12.1 Å². The number of nitrogen functional groups attached to an aromatic ring is 1. The van der Waals surface area contributed by atoms with Crippen molar-refractivity contribution < 1.29 is 0 Å². The predicted octanol–water partition coefficient (Wildman–Crippen LogP) is 10.5. The SMILES string of the molecule is Nc1ccc(-c2c(Cl)c(Cl)c(Cl)c(Cl)c2Cl)nc1-c1c(Cl)c(Cl)c(Cl)c(Cl)c1Cl. The van der Waals surface area contributed by atoms with Crippen molar-refractivity contribution in [2.75, 3.05) is 5.73 Å². The number of halogens is 10. The van der Waals surface area contributed by atoms with Crippen LogP contribution in [0.4, 0.5) is 5.69 Å². The lowest BCUT2D eigenvalue weighted by molar-refractivity contribution is 1.32. The van der Waals surface area contributed by atoms with Crippen LogP contribution in [0.25, 0.3) is 22.5 Å². The normalized spacial score (nSPS) is 11.2. The summed E-state index contributed by atoms with van der Waals surface area (Å²) in [6.07, 6.45) is 0. The van der Waals surface area contributed by atoms with Gasteiger partial charge < -0.3 is 5.73 Å². The van der Waals surface area contributed by atoms with Gasteiger partial charge in [0, 0.05) is 11.1 Å². The first-order valence-corrected chi connectivity index (χ1v) is 11.1. The highest BCUT2D eigenvalue weighted by atomic mass is 35.5. The molecule has 3 aromatic rings. The molecular formula is C17H4Cl10N2. The van der Waals surface area contributed by atoms with Gasteiger partial charge in [-0.1, -0.05) is 116 Å². The van der Waals surface area contributed by atoms with Crippen LogP contribution in [0, 0.1) is 0 Å². The van der Waals surface area contributed by atoms with Crippen LogP contribution in [0.3, 0.4) is 0 Å². The third-order valence-electron chi connectivity index (χ3n) is 3.84. The third-order valence-corrected chi connectivity index (χ3v) is 8.39. The number of nitrogens with zero attached hydrogens (tertiary/aromatic N) is 1. The van der Waals surface area contributed by atoms with Gasteiger partial charge in [-0.15, -0.1) is 0 Å². The Labute approximate surface area is 215 Å². The van der Waals surface area contributed by atoms with E-state index >= 15 is 0 Å². The van der Waals surface area contributed by atoms with Gasteiger partial charge in [-0.25, -0.2) is 4.98 Å². The van der Waals surface area contributed by atoms with E-state index in [4.69, 9.17) is 122 Å². The van der Waals surface area contributed by atoms with E-state index in [0.29, 0.717) is 0 Å². The maximum atomic E-state index is 6.35. The van der Waals surface area contributed by atoms with E-state index in [9.17, 15) is 0 Å². The fourth-order valence-corrected chi connectivity index (χ4v) is 5.10. The summed E-state index contributed by atoms with van der Waals surface area (Å²) < 4.78 is 0. The summed E-state index contributed by atoms with van der Waals surface area (Å²) in [5.74, 6) is 0. The molecule has 29 heavy (non-hydrogen) atoms. The second-order valence-corrected chi connectivity index (χ2v) is 9.30. The molecule has 0 aliphatic heterocycles. The van der Waals surface area contributed by atoms with Crippen molar-refractivity contribution in [2.45, 2.75) is 0 Å². The number of hydrogen-bond acceptors (Lipinski definition) is 2. The Morgan fingerprint density at radius 2 is 0.828 bits per heavy atom. The molecule has 152 valence electrons. The largest absolute Gasteiger partial charge is 0.397 e. The molecule has 2 aromatic carbocycles. The standard InChI is InChI=1S/C17H4Cl10N2/c18-7-5(8(19)12(23)15(26)11(7)22)4-2-1-3(28)17(29-4)6-9(20)13(24)16(27)14(25)10(6)21/h1-2H,28H2. The number of aromatic nitrogens is 1. The summed E-state index contributed by atoms with van der Waals surface area (Å²) in [5, 5.41) is 0.208. The Bertz CT molecular complexity index is 1120. The molecule has 0 fully saturated rings. The van der Waals surface area contributed by atoms with E-state index in [-0.39, 0.29) is 78.4 Å². The molecule has 0 unspecified atom stereocenters. The molecule has 0 atom stereocenters. The molecule has 0 spiro atoms. The number of rotatable bonds is 2. The Hall–Kier alpha value is 0.290. The highest BCUT2D eigenvalue weighted by Gasteiger charge is 2.25. The van der Waals surface area contributed by atoms with Gasteiger partial charge in [-0.05, 0) is 12.1 Å². The topological polar surface area (TPSA) is 38.9 Å². The quantitative estimate of drug-likeness (QED) is 0.238. The zero-order chi connectivity index (χ0) is 21.8. The van der Waals surface area contributed by atoms with Gasteiger partial charge in [-0.2, -0.15) is 0 Å². The summed E-state index contributed by atoms with van der Waals surface area (Å²) >= 11 is 62.1. The van der Waals surface area contributed by atoms with E-state index in [0.717, 1.165) is 0 Å². The molecule has 12 heteroatoms. The lowest BCUT2D eigenvalue weighted by Gasteiger charge is -2.16. The highest BCUT2D eigenvalue weighted by Crippen LogP contribution is 2.51. The van der Waals surface area contributed by atoms with Gasteiger partial charge in [0.05, 0.1) is 67.3 Å². The fourth-order valence-electron chi connectivity index (χ4n) is 2.45. The summed E-state index contributed by atoms with van der Waals surface area (Å²) in [6, 6.07) is 3.11. The summed E-state index contributed by atoms with van der Waals surface area (Å²) in [7, 11) is 0. The molecule has 0 saturated heterocycles. The molecule has 0 amide bonds. The molecule has 3 rings (SSSR count). The molecule has 0 saturated carbocycles. The van der Waals surface area contributed by atoms with Crippen molar-refractivity contribution in [1.82, 2.24) is 4.98 Å². The minimum absolute atomic E-state index is 0.00187. The van der Waals surface area contributed by atoms with E-state index in [1.54, 1.807) is 12.1 Å². The number of pyridine rings is 1. The summed E-state index contributed by atoms with van der Waals surface area (Å²) in [6.45, 7) is 0. The minimum atomic E-state index is -0.00187. The predicted molar refractivity (Wildman–Crippen MR) is 130 cm³/mol. The van der Waals surface area contributed by atoms with E-state index < -0.39 is 0 Å². The Morgan fingerprint density at radius 3 is 1.24 bits per heavy atom. The summed E-state index contributed by atoms with van der Waals surface area (Å²) in [4.78, 5) is 4.50. The van der Waals surface area contributed by atoms with Crippen molar-refractivity contribution in [3.8, 4) is 22.5 Å².